The molecule has 0 bridgehead atoms. The van der Waals surface area contributed by atoms with E-state index in [9.17, 15) is 9.90 Å². The molecule has 0 aliphatic heterocycles. The molecule has 0 unspecified atom stereocenters. The molecular formula is C13H21N3O2. The van der Waals surface area contributed by atoms with Crippen molar-refractivity contribution in [3.8, 4) is 0 Å². The molecule has 5 nitrogen and oxygen atoms in total. The van der Waals surface area contributed by atoms with Crippen LogP contribution in [-0.2, 0) is 0 Å². The Bertz CT molecular complexity index is 406. The first-order valence-electron chi connectivity index (χ1n) is 6.62. The molecule has 1 aromatic rings. The predicted molar refractivity (Wildman–Crippen MR) is 68.3 cm³/mol. The summed E-state index contributed by atoms with van der Waals surface area (Å²) in [6, 6.07) is 1.70. The molecule has 1 amide bonds. The third kappa shape index (κ3) is 3.32. The van der Waals surface area contributed by atoms with Gasteiger partial charge in [-0.1, -0.05) is 25.7 Å². The molecule has 1 aliphatic rings. The van der Waals surface area contributed by atoms with E-state index in [4.69, 9.17) is 0 Å². The summed E-state index contributed by atoms with van der Waals surface area (Å²) in [5.41, 5.74) is 0.496. The number of aryl methyl sites for hydroxylation is 1. The zero-order chi connectivity index (χ0) is 13.0. The van der Waals surface area contributed by atoms with Crippen molar-refractivity contribution in [1.82, 2.24) is 15.5 Å². The molecule has 0 radical (unpaired) electrons. The van der Waals surface area contributed by atoms with Gasteiger partial charge in [0.25, 0.3) is 5.91 Å². The van der Waals surface area contributed by atoms with Crippen LogP contribution in [-0.4, -0.2) is 33.4 Å². The second-order valence-electron chi connectivity index (χ2n) is 5.26. The topological polar surface area (TPSA) is 78.0 Å². The number of nitrogens with zero attached hydrogens (tertiary/aromatic N) is 1. The van der Waals surface area contributed by atoms with Crippen LogP contribution in [0.4, 0.5) is 0 Å². The number of aliphatic hydroxyl groups is 1. The fourth-order valence-electron chi connectivity index (χ4n) is 2.43. The van der Waals surface area contributed by atoms with E-state index in [1.807, 2.05) is 6.92 Å². The van der Waals surface area contributed by atoms with Crippen molar-refractivity contribution in [3.63, 3.8) is 0 Å². The van der Waals surface area contributed by atoms with Crippen LogP contribution in [0.25, 0.3) is 0 Å². The van der Waals surface area contributed by atoms with Crippen molar-refractivity contribution >= 4 is 5.91 Å². The zero-order valence-electron chi connectivity index (χ0n) is 10.8. The van der Waals surface area contributed by atoms with Crippen molar-refractivity contribution in [2.24, 2.45) is 0 Å². The highest BCUT2D eigenvalue weighted by atomic mass is 16.3. The lowest BCUT2D eigenvalue weighted by atomic mass is 9.94. The number of nitrogens with one attached hydrogen (secondary N) is 2. The van der Waals surface area contributed by atoms with Gasteiger partial charge < -0.3 is 10.4 Å². The van der Waals surface area contributed by atoms with Gasteiger partial charge in [-0.15, -0.1) is 0 Å². The Morgan fingerprint density at radius 2 is 2.11 bits per heavy atom. The average Bonchev–Trinajstić information content (AvgIpc) is 2.66. The Morgan fingerprint density at radius 3 is 2.67 bits per heavy atom. The number of aromatic nitrogens is 2. The number of hydrogen-bond donors (Lipinski definition) is 3. The highest BCUT2D eigenvalue weighted by Gasteiger charge is 2.28. The van der Waals surface area contributed by atoms with Crippen LogP contribution in [0.5, 0.6) is 0 Å². The molecular weight excluding hydrogens is 230 g/mol. The van der Waals surface area contributed by atoms with Crippen molar-refractivity contribution < 1.29 is 9.90 Å². The molecule has 3 N–H and O–H groups in total. The van der Waals surface area contributed by atoms with Crippen LogP contribution in [0.3, 0.4) is 0 Å². The van der Waals surface area contributed by atoms with Crippen molar-refractivity contribution in [2.45, 2.75) is 51.0 Å². The van der Waals surface area contributed by atoms with Crippen LogP contribution >= 0.6 is 0 Å². The highest BCUT2D eigenvalue weighted by molar-refractivity contribution is 5.92. The van der Waals surface area contributed by atoms with Gasteiger partial charge in [-0.2, -0.15) is 5.10 Å². The van der Waals surface area contributed by atoms with E-state index >= 15 is 0 Å². The molecule has 5 heteroatoms. The highest BCUT2D eigenvalue weighted by Crippen LogP contribution is 2.26. The lowest BCUT2D eigenvalue weighted by Gasteiger charge is -2.26. The number of hydrogen-bond acceptors (Lipinski definition) is 3. The lowest BCUT2D eigenvalue weighted by molar-refractivity contribution is 0.0246. The van der Waals surface area contributed by atoms with Gasteiger partial charge >= 0.3 is 0 Å². The first kappa shape index (κ1) is 13.1. The maximum atomic E-state index is 11.8. The summed E-state index contributed by atoms with van der Waals surface area (Å²) >= 11 is 0. The molecule has 0 atom stereocenters. The molecule has 100 valence electrons. The van der Waals surface area contributed by atoms with E-state index in [2.05, 4.69) is 15.5 Å². The first-order chi connectivity index (χ1) is 8.59. The molecule has 1 saturated carbocycles. The van der Waals surface area contributed by atoms with Gasteiger partial charge in [0.1, 0.15) is 5.69 Å². The number of carbonyl (C=O) groups excluding carboxylic acids is 1. The maximum Gasteiger partial charge on any atom is 0.271 e. The second kappa shape index (κ2) is 5.52. The predicted octanol–water partition coefficient (Wildman–Crippen LogP) is 1.53. The number of H-pyrrole nitrogens is 1. The third-order valence-corrected chi connectivity index (χ3v) is 3.55. The van der Waals surface area contributed by atoms with E-state index in [1.165, 1.54) is 12.8 Å². The fourth-order valence-corrected chi connectivity index (χ4v) is 2.43. The summed E-state index contributed by atoms with van der Waals surface area (Å²) in [7, 11) is 0. The summed E-state index contributed by atoms with van der Waals surface area (Å²) in [5.74, 6) is -0.225. The van der Waals surface area contributed by atoms with Crippen LogP contribution in [0.2, 0.25) is 0 Å². The molecule has 0 saturated heterocycles. The molecule has 18 heavy (non-hydrogen) atoms. The number of aromatic amines is 1. The van der Waals surface area contributed by atoms with Crippen LogP contribution in [0, 0.1) is 6.92 Å². The average molecular weight is 251 g/mol. The zero-order valence-corrected chi connectivity index (χ0v) is 10.8. The Morgan fingerprint density at radius 1 is 1.44 bits per heavy atom. The smallest absolute Gasteiger partial charge is 0.271 e. The second-order valence-corrected chi connectivity index (χ2v) is 5.26. The van der Waals surface area contributed by atoms with Crippen LogP contribution in [0.1, 0.15) is 54.7 Å². The SMILES string of the molecule is Cc1cc(C(=O)NCC2(O)CCCCCC2)n[nH]1. The molecule has 0 spiro atoms. The minimum Gasteiger partial charge on any atom is -0.388 e. The van der Waals surface area contributed by atoms with E-state index in [-0.39, 0.29) is 5.91 Å². The Kier molecular flexibility index (Phi) is 4.01. The largest absolute Gasteiger partial charge is 0.388 e. The minimum atomic E-state index is -0.739. The Balaban J connectivity index is 1.88. The molecule has 1 aliphatic carbocycles. The summed E-state index contributed by atoms with van der Waals surface area (Å²) in [4.78, 5) is 11.8. The summed E-state index contributed by atoms with van der Waals surface area (Å²) in [6.07, 6.45) is 5.96. The Labute approximate surface area is 107 Å². The van der Waals surface area contributed by atoms with Crippen molar-refractivity contribution in [2.75, 3.05) is 6.54 Å². The molecule has 1 aromatic heterocycles. The summed E-state index contributed by atoms with van der Waals surface area (Å²) in [5, 5.41) is 19.8. The van der Waals surface area contributed by atoms with E-state index < -0.39 is 5.60 Å². The van der Waals surface area contributed by atoms with Gasteiger partial charge in [-0.25, -0.2) is 0 Å². The van der Waals surface area contributed by atoms with E-state index in [0.717, 1.165) is 31.4 Å². The van der Waals surface area contributed by atoms with E-state index in [0.29, 0.717) is 12.2 Å². The normalized spacial score (nSPS) is 19.2. The number of amides is 1. The molecule has 1 fully saturated rings. The van der Waals surface area contributed by atoms with Crippen LogP contribution in [0.15, 0.2) is 6.07 Å². The van der Waals surface area contributed by atoms with Gasteiger partial charge in [0.2, 0.25) is 0 Å². The lowest BCUT2D eigenvalue weighted by Crippen LogP contribution is -2.42. The quantitative estimate of drug-likeness (QED) is 0.713. The number of carbonyl (C=O) groups is 1. The third-order valence-electron chi connectivity index (χ3n) is 3.55. The summed E-state index contributed by atoms with van der Waals surface area (Å²) in [6.45, 7) is 2.17. The van der Waals surface area contributed by atoms with Gasteiger partial charge in [0.15, 0.2) is 0 Å². The fraction of sp³-hybridized carbons (Fsp3) is 0.692. The van der Waals surface area contributed by atoms with Gasteiger partial charge in [-0.05, 0) is 25.8 Å². The molecule has 2 rings (SSSR count). The van der Waals surface area contributed by atoms with Gasteiger partial charge in [0.05, 0.1) is 5.60 Å². The van der Waals surface area contributed by atoms with Crippen molar-refractivity contribution in [3.05, 3.63) is 17.5 Å². The van der Waals surface area contributed by atoms with Gasteiger partial charge in [-0.3, -0.25) is 9.89 Å². The van der Waals surface area contributed by atoms with Crippen molar-refractivity contribution in [1.29, 1.82) is 0 Å². The first-order valence-corrected chi connectivity index (χ1v) is 6.62. The standard InChI is InChI=1S/C13H21N3O2/c1-10-8-11(16-15-10)12(17)14-9-13(18)6-4-2-3-5-7-13/h8,18H,2-7,9H2,1H3,(H,14,17)(H,15,16). The van der Waals surface area contributed by atoms with E-state index in [1.54, 1.807) is 6.07 Å². The minimum absolute atomic E-state index is 0.225. The maximum absolute atomic E-state index is 11.8. The van der Waals surface area contributed by atoms with Crippen LogP contribution < -0.4 is 5.32 Å². The monoisotopic (exact) mass is 251 g/mol. The number of rotatable bonds is 3. The Hall–Kier alpha value is -1.36. The molecule has 1 heterocycles. The summed E-state index contributed by atoms with van der Waals surface area (Å²) < 4.78 is 0. The van der Waals surface area contributed by atoms with Gasteiger partial charge in [0, 0.05) is 12.2 Å². The molecule has 0 aromatic carbocycles.